The maximum atomic E-state index is 5.54. The topological polar surface area (TPSA) is 18.5 Å². The molecule has 0 N–H and O–H groups in total. The Hall–Kier alpha value is 0.210. The molecule has 0 saturated carbocycles. The highest BCUT2D eigenvalue weighted by molar-refractivity contribution is 6.17. The molecule has 0 spiro atoms. The third-order valence-electron chi connectivity index (χ3n) is 1.88. The first-order chi connectivity index (χ1) is 5.18. The molecule has 0 aliphatic carbocycles. The molecular formula is C8H17ClO2. The summed E-state index contributed by atoms with van der Waals surface area (Å²) in [4.78, 5) is 0. The molecule has 0 radical (unpaired) electrons. The Morgan fingerprint density at radius 3 is 2.09 bits per heavy atom. The van der Waals surface area contributed by atoms with Crippen molar-refractivity contribution in [3.63, 3.8) is 0 Å². The lowest BCUT2D eigenvalue weighted by Gasteiger charge is -2.25. The molecule has 0 fully saturated rings. The highest BCUT2D eigenvalue weighted by atomic mass is 35.5. The fraction of sp³-hybridized carbons (Fsp3) is 1.00. The first-order valence-corrected chi connectivity index (χ1v) is 4.38. The molecule has 0 aromatic carbocycles. The molecule has 2 nitrogen and oxygen atoms in total. The van der Waals surface area contributed by atoms with Gasteiger partial charge >= 0.3 is 0 Å². The molecule has 0 aromatic rings. The summed E-state index contributed by atoms with van der Waals surface area (Å²) in [5.41, 5.74) is 0. The smallest absolute Gasteiger partial charge is 0.164 e. The van der Waals surface area contributed by atoms with Gasteiger partial charge in [0.25, 0.3) is 0 Å². The standard InChI is InChI=1S/C8H17ClO2/c1-8(10-2,11-3)6-4-5-7-9/h4-7H2,1-3H3. The van der Waals surface area contributed by atoms with E-state index < -0.39 is 5.79 Å². The highest BCUT2D eigenvalue weighted by Crippen LogP contribution is 2.18. The molecule has 68 valence electrons. The summed E-state index contributed by atoms with van der Waals surface area (Å²) < 4.78 is 10.3. The Morgan fingerprint density at radius 2 is 1.73 bits per heavy atom. The third kappa shape index (κ3) is 4.62. The van der Waals surface area contributed by atoms with Crippen LogP contribution in [0.3, 0.4) is 0 Å². The van der Waals surface area contributed by atoms with E-state index in [0.717, 1.165) is 19.3 Å². The SMILES string of the molecule is COC(C)(CCCCCl)OC. The Kier molecular flexibility index (Phi) is 5.92. The summed E-state index contributed by atoms with van der Waals surface area (Å²) in [6.07, 6.45) is 2.96. The second kappa shape index (κ2) is 5.81. The molecule has 0 aliphatic rings. The van der Waals surface area contributed by atoms with Crippen LogP contribution in [0.25, 0.3) is 0 Å². The van der Waals surface area contributed by atoms with Gasteiger partial charge in [0.2, 0.25) is 0 Å². The Morgan fingerprint density at radius 1 is 1.18 bits per heavy atom. The van der Waals surface area contributed by atoms with Crippen LogP contribution in [-0.2, 0) is 9.47 Å². The number of rotatable bonds is 6. The second-order valence-electron chi connectivity index (χ2n) is 2.69. The first kappa shape index (κ1) is 11.2. The van der Waals surface area contributed by atoms with E-state index in [0.29, 0.717) is 5.88 Å². The van der Waals surface area contributed by atoms with Crippen LogP contribution < -0.4 is 0 Å². The second-order valence-corrected chi connectivity index (χ2v) is 3.07. The zero-order valence-corrected chi connectivity index (χ0v) is 8.28. The minimum absolute atomic E-state index is 0.425. The van der Waals surface area contributed by atoms with Gasteiger partial charge in [-0.1, -0.05) is 0 Å². The average molecular weight is 181 g/mol. The molecule has 0 rings (SSSR count). The molecule has 3 heteroatoms. The molecule has 0 bridgehead atoms. The molecule has 0 aliphatic heterocycles. The lowest BCUT2D eigenvalue weighted by atomic mass is 10.1. The van der Waals surface area contributed by atoms with Crippen LogP contribution in [0.2, 0.25) is 0 Å². The summed E-state index contributed by atoms with van der Waals surface area (Å²) in [7, 11) is 3.31. The molecule has 0 amide bonds. The van der Waals surface area contributed by atoms with Gasteiger partial charge in [0.15, 0.2) is 5.79 Å². The Bertz CT molecular complexity index is 92.1. The van der Waals surface area contributed by atoms with Gasteiger partial charge in [0.05, 0.1) is 0 Å². The van der Waals surface area contributed by atoms with Crippen molar-refractivity contribution in [2.24, 2.45) is 0 Å². The minimum Gasteiger partial charge on any atom is -0.353 e. The van der Waals surface area contributed by atoms with Crippen molar-refractivity contribution in [1.82, 2.24) is 0 Å². The number of methoxy groups -OCH3 is 2. The average Bonchev–Trinajstić information content (AvgIpc) is 2.05. The number of hydrogen-bond acceptors (Lipinski definition) is 2. The van der Waals surface area contributed by atoms with Crippen molar-refractivity contribution >= 4 is 11.6 Å². The van der Waals surface area contributed by atoms with Gasteiger partial charge in [-0.05, 0) is 19.8 Å². The van der Waals surface area contributed by atoms with Gasteiger partial charge in [0.1, 0.15) is 0 Å². The zero-order chi connectivity index (χ0) is 8.74. The molecule has 0 saturated heterocycles. The molecule has 0 aromatic heterocycles. The monoisotopic (exact) mass is 180 g/mol. The van der Waals surface area contributed by atoms with E-state index >= 15 is 0 Å². The van der Waals surface area contributed by atoms with E-state index in [-0.39, 0.29) is 0 Å². The van der Waals surface area contributed by atoms with Crippen LogP contribution in [-0.4, -0.2) is 25.9 Å². The molecule has 11 heavy (non-hydrogen) atoms. The summed E-state index contributed by atoms with van der Waals surface area (Å²) in [5, 5.41) is 0. The van der Waals surface area contributed by atoms with E-state index in [2.05, 4.69) is 0 Å². The maximum Gasteiger partial charge on any atom is 0.164 e. The molecular weight excluding hydrogens is 164 g/mol. The van der Waals surface area contributed by atoms with Crippen LogP contribution in [0.4, 0.5) is 0 Å². The van der Waals surface area contributed by atoms with E-state index in [1.807, 2.05) is 6.92 Å². The van der Waals surface area contributed by atoms with Crippen molar-refractivity contribution in [3.05, 3.63) is 0 Å². The lowest BCUT2D eigenvalue weighted by Crippen LogP contribution is -2.29. The number of hydrogen-bond donors (Lipinski definition) is 0. The zero-order valence-electron chi connectivity index (χ0n) is 7.52. The molecule has 0 heterocycles. The van der Waals surface area contributed by atoms with E-state index in [4.69, 9.17) is 21.1 Å². The number of unbranched alkanes of at least 4 members (excludes halogenated alkanes) is 1. The van der Waals surface area contributed by atoms with Crippen molar-refractivity contribution < 1.29 is 9.47 Å². The quantitative estimate of drug-likeness (QED) is 0.355. The fourth-order valence-corrected chi connectivity index (χ4v) is 1.02. The van der Waals surface area contributed by atoms with Crippen LogP contribution in [0.5, 0.6) is 0 Å². The van der Waals surface area contributed by atoms with E-state index in [1.165, 1.54) is 0 Å². The highest BCUT2D eigenvalue weighted by Gasteiger charge is 2.21. The van der Waals surface area contributed by atoms with Crippen molar-refractivity contribution in [2.45, 2.75) is 32.0 Å². The summed E-state index contributed by atoms with van der Waals surface area (Å²) in [6, 6.07) is 0. The number of ether oxygens (including phenoxy) is 2. The van der Waals surface area contributed by atoms with E-state index in [9.17, 15) is 0 Å². The largest absolute Gasteiger partial charge is 0.353 e. The van der Waals surface area contributed by atoms with Gasteiger partial charge in [-0.3, -0.25) is 0 Å². The summed E-state index contributed by atoms with van der Waals surface area (Å²) >= 11 is 5.54. The van der Waals surface area contributed by atoms with Gasteiger partial charge in [-0.25, -0.2) is 0 Å². The van der Waals surface area contributed by atoms with Gasteiger partial charge < -0.3 is 9.47 Å². The van der Waals surface area contributed by atoms with Crippen molar-refractivity contribution in [1.29, 1.82) is 0 Å². The minimum atomic E-state index is -0.425. The predicted molar refractivity (Wildman–Crippen MR) is 47.0 cm³/mol. The molecule has 0 atom stereocenters. The van der Waals surface area contributed by atoms with Gasteiger partial charge in [-0.15, -0.1) is 11.6 Å². The van der Waals surface area contributed by atoms with Crippen LogP contribution in [0.1, 0.15) is 26.2 Å². The summed E-state index contributed by atoms with van der Waals surface area (Å²) in [6.45, 7) is 1.93. The normalized spacial score (nSPS) is 12.0. The number of halogens is 1. The van der Waals surface area contributed by atoms with Gasteiger partial charge in [0, 0.05) is 26.5 Å². The first-order valence-electron chi connectivity index (χ1n) is 3.85. The molecule has 0 unspecified atom stereocenters. The Labute approximate surface area is 73.8 Å². The third-order valence-corrected chi connectivity index (χ3v) is 2.15. The fourth-order valence-electron chi connectivity index (χ4n) is 0.828. The van der Waals surface area contributed by atoms with Crippen LogP contribution in [0.15, 0.2) is 0 Å². The van der Waals surface area contributed by atoms with Gasteiger partial charge in [-0.2, -0.15) is 0 Å². The number of alkyl halides is 1. The van der Waals surface area contributed by atoms with Crippen molar-refractivity contribution in [3.8, 4) is 0 Å². The summed E-state index contributed by atoms with van der Waals surface area (Å²) in [5.74, 6) is 0.287. The Balaban J connectivity index is 3.51. The van der Waals surface area contributed by atoms with Crippen LogP contribution in [0, 0.1) is 0 Å². The van der Waals surface area contributed by atoms with Crippen molar-refractivity contribution in [2.75, 3.05) is 20.1 Å². The van der Waals surface area contributed by atoms with E-state index in [1.54, 1.807) is 14.2 Å². The van der Waals surface area contributed by atoms with Crippen LogP contribution >= 0.6 is 11.6 Å². The maximum absolute atomic E-state index is 5.54. The predicted octanol–water partition coefficient (Wildman–Crippen LogP) is 2.40. The lowest BCUT2D eigenvalue weighted by molar-refractivity contribution is -0.197.